The van der Waals surface area contributed by atoms with E-state index in [1.807, 2.05) is 49.8 Å². The van der Waals surface area contributed by atoms with Crippen LogP contribution in [-0.2, 0) is 24.7 Å². The van der Waals surface area contributed by atoms with Crippen molar-refractivity contribution >= 4 is 22.5 Å². The molecular formula is C25H27N7O. The van der Waals surface area contributed by atoms with Crippen LogP contribution in [0.4, 0.5) is 5.82 Å². The predicted octanol–water partition coefficient (Wildman–Crippen LogP) is 2.53. The Morgan fingerprint density at radius 2 is 1.79 bits per heavy atom. The van der Waals surface area contributed by atoms with E-state index in [1.54, 1.807) is 17.1 Å². The van der Waals surface area contributed by atoms with Gasteiger partial charge in [0.1, 0.15) is 17.4 Å². The fourth-order valence-electron chi connectivity index (χ4n) is 4.14. The van der Waals surface area contributed by atoms with Crippen LogP contribution in [0.15, 0.2) is 55.1 Å². The number of nitrogens with zero attached hydrogens (tertiary/aromatic N) is 7. The van der Waals surface area contributed by atoms with Crippen LogP contribution in [0.5, 0.6) is 0 Å². The molecule has 168 valence electrons. The highest BCUT2D eigenvalue weighted by atomic mass is 16.1. The summed E-state index contributed by atoms with van der Waals surface area (Å²) in [5.41, 5.74) is 3.88. The molecule has 1 aliphatic heterocycles. The van der Waals surface area contributed by atoms with Gasteiger partial charge in [-0.25, -0.2) is 15.0 Å². The topological polar surface area (TPSA) is 80.0 Å². The molecule has 0 aliphatic carbocycles. The maximum atomic E-state index is 12.8. The second-order valence-electron chi connectivity index (χ2n) is 8.67. The highest BCUT2D eigenvalue weighted by molar-refractivity contribution is 5.85. The van der Waals surface area contributed by atoms with E-state index in [9.17, 15) is 4.79 Å². The molecule has 4 heterocycles. The summed E-state index contributed by atoms with van der Waals surface area (Å²) in [6, 6.07) is 10.0. The Morgan fingerprint density at radius 1 is 0.939 bits per heavy atom. The second kappa shape index (κ2) is 9.07. The molecule has 1 aromatic carbocycles. The summed E-state index contributed by atoms with van der Waals surface area (Å²) in [6.07, 6.45) is 7.94. The van der Waals surface area contributed by atoms with E-state index >= 15 is 0 Å². The Morgan fingerprint density at radius 3 is 2.58 bits per heavy atom. The van der Waals surface area contributed by atoms with Gasteiger partial charge in [-0.15, -0.1) is 0 Å². The first-order valence-electron chi connectivity index (χ1n) is 11.2. The van der Waals surface area contributed by atoms with Crippen molar-refractivity contribution in [1.82, 2.24) is 29.6 Å². The lowest BCUT2D eigenvalue weighted by molar-refractivity contribution is -0.117. The van der Waals surface area contributed by atoms with E-state index in [1.165, 1.54) is 0 Å². The van der Waals surface area contributed by atoms with Crippen LogP contribution in [0.25, 0.3) is 22.0 Å². The Balaban J connectivity index is 1.28. The maximum Gasteiger partial charge on any atom is 0.144 e. The molecule has 8 heteroatoms. The summed E-state index contributed by atoms with van der Waals surface area (Å²) in [5, 5.41) is 5.19. The van der Waals surface area contributed by atoms with Crippen LogP contribution >= 0.6 is 0 Å². The van der Waals surface area contributed by atoms with Gasteiger partial charge in [-0.2, -0.15) is 5.10 Å². The summed E-state index contributed by atoms with van der Waals surface area (Å²) in [7, 11) is 4.03. The minimum Gasteiger partial charge on any atom is -0.354 e. The number of anilines is 1. The molecule has 0 atom stereocenters. The molecule has 0 unspecified atom stereocenters. The number of aromatic nitrogens is 5. The lowest BCUT2D eigenvalue weighted by atomic mass is 10.1. The minimum atomic E-state index is 0.0910. The molecular weight excluding hydrogens is 414 g/mol. The fourth-order valence-corrected chi connectivity index (χ4v) is 4.14. The van der Waals surface area contributed by atoms with Gasteiger partial charge in [-0.1, -0.05) is 12.1 Å². The lowest BCUT2D eigenvalue weighted by Crippen LogP contribution is -2.44. The zero-order chi connectivity index (χ0) is 22.8. The SMILES string of the molecule is CN1CCN(c2cc(CC(=O)Cc3ncc4ccc(-c5cnn(C)c5)cc4n3)ccn2)CC1. The third-order valence-corrected chi connectivity index (χ3v) is 6.06. The Labute approximate surface area is 192 Å². The third-order valence-electron chi connectivity index (χ3n) is 6.06. The zero-order valence-corrected chi connectivity index (χ0v) is 19.0. The number of fused-ring (bicyclic) bond motifs is 1. The number of carbonyl (C=O) groups is 1. The van der Waals surface area contributed by atoms with E-state index in [0.717, 1.165) is 59.6 Å². The van der Waals surface area contributed by atoms with Gasteiger partial charge in [-0.05, 0) is 36.4 Å². The van der Waals surface area contributed by atoms with Crippen LogP contribution in [0.2, 0.25) is 0 Å². The lowest BCUT2D eigenvalue weighted by Gasteiger charge is -2.33. The number of rotatable bonds is 6. The van der Waals surface area contributed by atoms with E-state index in [4.69, 9.17) is 0 Å². The molecule has 8 nitrogen and oxygen atoms in total. The quantitative estimate of drug-likeness (QED) is 0.455. The minimum absolute atomic E-state index is 0.0910. The number of carbonyl (C=O) groups excluding carboxylic acids is 1. The molecule has 0 spiro atoms. The van der Waals surface area contributed by atoms with Crippen LogP contribution in [0.3, 0.4) is 0 Å². The zero-order valence-electron chi connectivity index (χ0n) is 19.0. The molecule has 0 saturated carbocycles. The second-order valence-corrected chi connectivity index (χ2v) is 8.67. The number of Topliss-reactive ketones (excluding diaryl/α,β-unsaturated/α-hetero) is 1. The summed E-state index contributed by atoms with van der Waals surface area (Å²) in [6.45, 7) is 3.94. The van der Waals surface area contributed by atoms with Crippen LogP contribution in [0, 0.1) is 0 Å². The van der Waals surface area contributed by atoms with E-state index in [2.05, 4.69) is 36.9 Å². The molecule has 0 radical (unpaired) electrons. The van der Waals surface area contributed by atoms with Gasteiger partial charge in [0.25, 0.3) is 0 Å². The molecule has 5 rings (SSSR count). The van der Waals surface area contributed by atoms with Crippen molar-refractivity contribution in [2.45, 2.75) is 12.8 Å². The Kier molecular flexibility index (Phi) is 5.83. The number of piperazine rings is 1. The van der Waals surface area contributed by atoms with Crippen molar-refractivity contribution in [1.29, 1.82) is 0 Å². The van der Waals surface area contributed by atoms with Crippen LogP contribution in [0.1, 0.15) is 11.4 Å². The summed E-state index contributed by atoms with van der Waals surface area (Å²) in [4.78, 5) is 31.0. The number of benzene rings is 1. The third kappa shape index (κ3) is 4.90. The first kappa shape index (κ1) is 21.2. The van der Waals surface area contributed by atoms with E-state index < -0.39 is 0 Å². The van der Waals surface area contributed by atoms with Gasteiger partial charge in [0.2, 0.25) is 0 Å². The molecule has 1 aliphatic rings. The molecule has 1 fully saturated rings. The molecule has 0 amide bonds. The standard InChI is InChI=1S/C25H27N7O/c1-30-7-9-32(10-8-30)25-12-18(5-6-26-25)11-22(33)14-24-27-15-20-4-3-19(13-23(20)29-24)21-16-28-31(2)17-21/h3-6,12-13,15-17H,7-11,14H2,1-2H3. The van der Waals surface area contributed by atoms with E-state index in [-0.39, 0.29) is 12.2 Å². The molecule has 3 aromatic heterocycles. The van der Waals surface area contributed by atoms with Crippen molar-refractivity contribution in [3.05, 3.63) is 66.5 Å². The number of likely N-dealkylation sites (N-methyl/N-ethyl adjacent to an activating group) is 1. The first-order chi connectivity index (χ1) is 16.0. The van der Waals surface area contributed by atoms with Gasteiger partial charge < -0.3 is 9.80 Å². The highest BCUT2D eigenvalue weighted by Crippen LogP contribution is 2.23. The molecule has 0 N–H and O–H groups in total. The summed E-state index contributed by atoms with van der Waals surface area (Å²) < 4.78 is 1.78. The summed E-state index contributed by atoms with van der Waals surface area (Å²) in [5.74, 6) is 1.58. The van der Waals surface area contributed by atoms with Crippen LogP contribution in [-0.4, -0.2) is 68.6 Å². The largest absolute Gasteiger partial charge is 0.354 e. The number of ketones is 1. The number of pyridine rings is 1. The van der Waals surface area contributed by atoms with Crippen molar-refractivity contribution in [2.75, 3.05) is 38.1 Å². The number of hydrogen-bond acceptors (Lipinski definition) is 7. The molecule has 1 saturated heterocycles. The highest BCUT2D eigenvalue weighted by Gasteiger charge is 2.16. The van der Waals surface area contributed by atoms with E-state index in [0.29, 0.717) is 12.2 Å². The van der Waals surface area contributed by atoms with Gasteiger partial charge in [0.05, 0.1) is 18.1 Å². The number of aryl methyl sites for hydroxylation is 1. The molecule has 4 aromatic rings. The normalized spacial score (nSPS) is 14.7. The van der Waals surface area contributed by atoms with Gasteiger partial charge in [0, 0.05) is 69.2 Å². The Hall–Kier alpha value is -3.65. The van der Waals surface area contributed by atoms with Gasteiger partial charge in [-0.3, -0.25) is 9.48 Å². The average Bonchev–Trinajstić information content (AvgIpc) is 3.25. The van der Waals surface area contributed by atoms with Gasteiger partial charge in [0.15, 0.2) is 0 Å². The smallest absolute Gasteiger partial charge is 0.144 e. The first-order valence-corrected chi connectivity index (χ1v) is 11.2. The summed E-state index contributed by atoms with van der Waals surface area (Å²) >= 11 is 0. The monoisotopic (exact) mass is 441 g/mol. The van der Waals surface area contributed by atoms with Crippen molar-refractivity contribution in [3.63, 3.8) is 0 Å². The average molecular weight is 442 g/mol. The predicted molar refractivity (Wildman–Crippen MR) is 128 cm³/mol. The molecule has 33 heavy (non-hydrogen) atoms. The molecule has 0 bridgehead atoms. The number of hydrogen-bond donors (Lipinski definition) is 0. The van der Waals surface area contributed by atoms with Crippen LogP contribution < -0.4 is 4.90 Å². The maximum absolute atomic E-state index is 12.8. The fraction of sp³-hybridized carbons (Fsp3) is 0.320. The van der Waals surface area contributed by atoms with Crippen molar-refractivity contribution < 1.29 is 4.79 Å². The van der Waals surface area contributed by atoms with Crippen molar-refractivity contribution in [2.24, 2.45) is 7.05 Å². The van der Waals surface area contributed by atoms with Gasteiger partial charge >= 0.3 is 0 Å². The van der Waals surface area contributed by atoms with Crippen molar-refractivity contribution in [3.8, 4) is 11.1 Å². The Bertz CT molecular complexity index is 1290.